The Balaban J connectivity index is 1.68. The molecule has 0 saturated carbocycles. The number of fused-ring (bicyclic) bond motifs is 1. The summed E-state index contributed by atoms with van der Waals surface area (Å²) in [5, 5.41) is 3.94. The van der Waals surface area contributed by atoms with Crippen molar-refractivity contribution in [1.82, 2.24) is 10.1 Å². The molecule has 1 aliphatic rings. The molecular weight excluding hydrogens is 292 g/mol. The highest BCUT2D eigenvalue weighted by atomic mass is 16.5. The highest BCUT2D eigenvalue weighted by molar-refractivity contribution is 5.76. The molecule has 0 radical (unpaired) electrons. The van der Waals surface area contributed by atoms with Crippen molar-refractivity contribution in [3.8, 4) is 0 Å². The van der Waals surface area contributed by atoms with Crippen LogP contribution in [0.1, 0.15) is 40.7 Å². The van der Waals surface area contributed by atoms with Crippen LogP contribution in [0.2, 0.25) is 0 Å². The van der Waals surface area contributed by atoms with E-state index in [0.29, 0.717) is 19.6 Å². The van der Waals surface area contributed by atoms with Gasteiger partial charge in [0.05, 0.1) is 31.4 Å². The Kier molecular flexibility index (Phi) is 4.48. The number of amides is 1. The number of benzene rings is 1. The molecule has 0 N–H and O–H groups in total. The molecule has 23 heavy (non-hydrogen) atoms. The van der Waals surface area contributed by atoms with E-state index in [-0.39, 0.29) is 12.0 Å². The Morgan fingerprint density at radius 2 is 2.13 bits per heavy atom. The van der Waals surface area contributed by atoms with Crippen LogP contribution in [-0.2, 0) is 22.5 Å². The Hall–Kier alpha value is -2.14. The van der Waals surface area contributed by atoms with Gasteiger partial charge in [0.15, 0.2) is 0 Å². The molecule has 0 unspecified atom stereocenters. The fourth-order valence-corrected chi connectivity index (χ4v) is 3.01. The van der Waals surface area contributed by atoms with Crippen molar-refractivity contribution in [3.63, 3.8) is 0 Å². The van der Waals surface area contributed by atoms with Crippen LogP contribution < -0.4 is 0 Å². The number of ether oxygens (including phenoxy) is 1. The molecule has 0 spiro atoms. The third kappa shape index (κ3) is 3.29. The van der Waals surface area contributed by atoms with E-state index in [0.717, 1.165) is 29.0 Å². The molecule has 1 atom stereocenters. The fraction of sp³-hybridized carbons (Fsp3) is 0.444. The van der Waals surface area contributed by atoms with Gasteiger partial charge in [-0.15, -0.1) is 0 Å². The van der Waals surface area contributed by atoms with Gasteiger partial charge in [-0.2, -0.15) is 0 Å². The van der Waals surface area contributed by atoms with Gasteiger partial charge in [0.25, 0.3) is 0 Å². The average Bonchev–Trinajstić information content (AvgIpc) is 2.87. The predicted molar refractivity (Wildman–Crippen MR) is 85.9 cm³/mol. The standard InChI is InChI=1S/C18H22N2O3/c1-12-16(13(2)23-19-12)11-20(3)18(21)10-17-15-7-5-4-6-14(15)8-9-22-17/h4-7,17H,8-11H2,1-3H3/t17-/m1/s1. The predicted octanol–water partition coefficient (Wildman–Crippen LogP) is 2.95. The van der Waals surface area contributed by atoms with Crippen LogP contribution in [0.4, 0.5) is 0 Å². The molecule has 5 nitrogen and oxygen atoms in total. The molecule has 2 aromatic rings. The lowest BCUT2D eigenvalue weighted by atomic mass is 9.95. The minimum Gasteiger partial charge on any atom is -0.373 e. The van der Waals surface area contributed by atoms with Crippen molar-refractivity contribution in [3.05, 3.63) is 52.4 Å². The molecule has 2 heterocycles. The van der Waals surface area contributed by atoms with Gasteiger partial charge < -0.3 is 14.2 Å². The second kappa shape index (κ2) is 6.54. The van der Waals surface area contributed by atoms with E-state index in [1.807, 2.05) is 33.0 Å². The summed E-state index contributed by atoms with van der Waals surface area (Å²) in [6.07, 6.45) is 1.12. The smallest absolute Gasteiger partial charge is 0.225 e. The van der Waals surface area contributed by atoms with E-state index < -0.39 is 0 Å². The molecule has 0 fully saturated rings. The minimum atomic E-state index is -0.153. The van der Waals surface area contributed by atoms with Gasteiger partial charge in [0.1, 0.15) is 5.76 Å². The monoisotopic (exact) mass is 314 g/mol. The molecule has 0 bridgehead atoms. The van der Waals surface area contributed by atoms with Gasteiger partial charge in [-0.05, 0) is 31.4 Å². The van der Waals surface area contributed by atoms with Crippen LogP contribution in [0.3, 0.4) is 0 Å². The summed E-state index contributed by atoms with van der Waals surface area (Å²) in [6.45, 7) is 4.94. The van der Waals surface area contributed by atoms with Gasteiger partial charge in [-0.3, -0.25) is 4.79 Å². The van der Waals surface area contributed by atoms with E-state index >= 15 is 0 Å². The van der Waals surface area contributed by atoms with Crippen molar-refractivity contribution in [2.75, 3.05) is 13.7 Å². The highest BCUT2D eigenvalue weighted by Gasteiger charge is 2.25. The Labute approximate surface area is 136 Å². The summed E-state index contributed by atoms with van der Waals surface area (Å²) in [4.78, 5) is 14.3. The van der Waals surface area contributed by atoms with Gasteiger partial charge in [-0.1, -0.05) is 29.4 Å². The van der Waals surface area contributed by atoms with E-state index in [9.17, 15) is 4.79 Å². The molecule has 1 amide bonds. The lowest BCUT2D eigenvalue weighted by Crippen LogP contribution is -2.30. The molecule has 1 aromatic carbocycles. The number of aromatic nitrogens is 1. The van der Waals surface area contributed by atoms with Crippen molar-refractivity contribution in [2.24, 2.45) is 0 Å². The lowest BCUT2D eigenvalue weighted by molar-refractivity contribution is -0.133. The number of rotatable bonds is 4. The van der Waals surface area contributed by atoms with Crippen molar-refractivity contribution >= 4 is 5.91 Å². The van der Waals surface area contributed by atoms with Gasteiger partial charge in [0, 0.05) is 12.6 Å². The Morgan fingerprint density at radius 1 is 1.35 bits per heavy atom. The number of carbonyl (C=O) groups excluding carboxylic acids is 1. The number of nitrogens with zero attached hydrogens (tertiary/aromatic N) is 2. The average molecular weight is 314 g/mol. The van der Waals surface area contributed by atoms with E-state index in [4.69, 9.17) is 9.26 Å². The largest absolute Gasteiger partial charge is 0.373 e. The molecule has 1 aromatic heterocycles. The minimum absolute atomic E-state index is 0.0618. The van der Waals surface area contributed by atoms with E-state index in [2.05, 4.69) is 17.3 Å². The Bertz CT molecular complexity index is 689. The zero-order valence-corrected chi connectivity index (χ0v) is 13.8. The molecule has 5 heteroatoms. The summed E-state index contributed by atoms with van der Waals surface area (Å²) < 4.78 is 11.0. The first-order valence-corrected chi connectivity index (χ1v) is 7.91. The van der Waals surface area contributed by atoms with Crippen LogP contribution in [0.5, 0.6) is 0 Å². The third-order valence-corrected chi connectivity index (χ3v) is 4.45. The van der Waals surface area contributed by atoms with Gasteiger partial charge in [0.2, 0.25) is 5.91 Å². The number of hydrogen-bond donors (Lipinski definition) is 0. The van der Waals surface area contributed by atoms with E-state index in [1.165, 1.54) is 5.56 Å². The van der Waals surface area contributed by atoms with Crippen molar-refractivity contribution < 1.29 is 14.1 Å². The number of hydrogen-bond acceptors (Lipinski definition) is 4. The quantitative estimate of drug-likeness (QED) is 0.870. The van der Waals surface area contributed by atoms with Crippen molar-refractivity contribution in [1.29, 1.82) is 0 Å². The van der Waals surface area contributed by atoms with Gasteiger partial charge in [-0.25, -0.2) is 0 Å². The summed E-state index contributed by atoms with van der Waals surface area (Å²) >= 11 is 0. The van der Waals surface area contributed by atoms with Crippen LogP contribution in [-0.4, -0.2) is 29.6 Å². The lowest BCUT2D eigenvalue weighted by Gasteiger charge is -2.27. The second-order valence-electron chi connectivity index (χ2n) is 6.06. The molecule has 0 saturated heterocycles. The molecular formula is C18H22N2O3. The number of carbonyl (C=O) groups is 1. The van der Waals surface area contributed by atoms with Gasteiger partial charge >= 0.3 is 0 Å². The maximum Gasteiger partial charge on any atom is 0.225 e. The first kappa shape index (κ1) is 15.7. The topological polar surface area (TPSA) is 55.6 Å². The molecule has 122 valence electrons. The number of aryl methyl sites for hydroxylation is 2. The second-order valence-corrected chi connectivity index (χ2v) is 6.06. The summed E-state index contributed by atoms with van der Waals surface area (Å²) in [7, 11) is 1.81. The van der Waals surface area contributed by atoms with Crippen LogP contribution >= 0.6 is 0 Å². The van der Waals surface area contributed by atoms with Crippen LogP contribution in [0.15, 0.2) is 28.8 Å². The zero-order chi connectivity index (χ0) is 16.4. The fourth-order valence-electron chi connectivity index (χ4n) is 3.01. The van der Waals surface area contributed by atoms with Crippen molar-refractivity contribution in [2.45, 2.75) is 39.3 Å². The Morgan fingerprint density at radius 3 is 2.87 bits per heavy atom. The third-order valence-electron chi connectivity index (χ3n) is 4.45. The summed E-state index contributed by atoms with van der Waals surface area (Å²) in [5.74, 6) is 0.827. The van der Waals surface area contributed by atoms with Crippen LogP contribution in [0, 0.1) is 13.8 Å². The maximum atomic E-state index is 12.6. The maximum absolute atomic E-state index is 12.6. The zero-order valence-electron chi connectivity index (χ0n) is 13.8. The SMILES string of the molecule is Cc1noc(C)c1CN(C)C(=O)C[C@H]1OCCc2ccccc21. The highest BCUT2D eigenvalue weighted by Crippen LogP contribution is 2.30. The van der Waals surface area contributed by atoms with Crippen LogP contribution in [0.25, 0.3) is 0 Å². The molecule has 0 aliphatic carbocycles. The molecule has 1 aliphatic heterocycles. The van der Waals surface area contributed by atoms with E-state index in [1.54, 1.807) is 4.90 Å². The first-order valence-electron chi connectivity index (χ1n) is 7.91. The normalized spacial score (nSPS) is 16.9. The molecule has 3 rings (SSSR count). The summed E-state index contributed by atoms with van der Waals surface area (Å²) in [5.41, 5.74) is 4.23. The first-order chi connectivity index (χ1) is 11.1. The summed E-state index contributed by atoms with van der Waals surface area (Å²) in [6, 6.07) is 8.20.